The monoisotopic (exact) mass is 315 g/mol. The number of benzene rings is 1. The molecule has 0 aliphatic carbocycles. The second-order valence-corrected chi connectivity index (χ2v) is 5.24. The Morgan fingerprint density at radius 2 is 2.00 bits per heavy atom. The van der Waals surface area contributed by atoms with E-state index in [2.05, 4.69) is 20.3 Å². The molecule has 4 aromatic rings. The Balaban J connectivity index is 1.54. The van der Waals surface area contributed by atoms with Gasteiger partial charge < -0.3 is 5.32 Å². The number of rotatable bonds is 3. The topological polar surface area (TPSA) is 72.7 Å². The summed E-state index contributed by atoms with van der Waals surface area (Å²) in [5.41, 5.74) is 2.10. The predicted molar refractivity (Wildman–Crippen MR) is 91.1 cm³/mol. The molecule has 0 aliphatic rings. The van der Waals surface area contributed by atoms with Crippen LogP contribution in [-0.2, 0) is 0 Å². The molecular weight excluding hydrogens is 302 g/mol. The normalized spacial score (nSPS) is 10.7. The van der Waals surface area contributed by atoms with E-state index in [1.807, 2.05) is 30.3 Å². The molecule has 0 saturated heterocycles. The minimum absolute atomic E-state index is 0.206. The number of carbonyl (C=O) groups excluding carboxylic acids is 1. The van der Waals surface area contributed by atoms with E-state index < -0.39 is 0 Å². The van der Waals surface area contributed by atoms with Crippen molar-refractivity contribution in [3.63, 3.8) is 0 Å². The molecule has 0 aliphatic heterocycles. The van der Waals surface area contributed by atoms with Gasteiger partial charge >= 0.3 is 0 Å². The van der Waals surface area contributed by atoms with Crippen LogP contribution in [0.2, 0.25) is 0 Å². The van der Waals surface area contributed by atoms with Gasteiger partial charge in [0.05, 0.1) is 11.1 Å². The van der Waals surface area contributed by atoms with Crippen LogP contribution in [0.1, 0.15) is 10.4 Å². The zero-order chi connectivity index (χ0) is 16.4. The number of carbonyl (C=O) groups is 1. The molecule has 116 valence electrons. The van der Waals surface area contributed by atoms with Crippen molar-refractivity contribution in [2.24, 2.45) is 0 Å². The first-order chi connectivity index (χ1) is 11.8. The second-order valence-electron chi connectivity index (χ2n) is 5.24. The summed E-state index contributed by atoms with van der Waals surface area (Å²) in [7, 11) is 0. The van der Waals surface area contributed by atoms with Crippen molar-refractivity contribution in [2.45, 2.75) is 0 Å². The van der Waals surface area contributed by atoms with E-state index in [9.17, 15) is 4.79 Å². The molecule has 0 saturated carbocycles. The van der Waals surface area contributed by atoms with Crippen LogP contribution in [0.5, 0.6) is 0 Å². The maximum Gasteiger partial charge on any atom is 0.257 e. The van der Waals surface area contributed by atoms with Crippen LogP contribution in [0.4, 0.5) is 5.69 Å². The van der Waals surface area contributed by atoms with Crippen molar-refractivity contribution in [1.29, 1.82) is 0 Å². The van der Waals surface area contributed by atoms with Crippen molar-refractivity contribution < 1.29 is 4.79 Å². The molecule has 0 atom stereocenters. The number of hydrogen-bond acceptors (Lipinski definition) is 4. The van der Waals surface area contributed by atoms with Crippen molar-refractivity contribution in [1.82, 2.24) is 19.5 Å². The maximum atomic E-state index is 12.4. The highest BCUT2D eigenvalue weighted by atomic mass is 16.1. The number of aromatic nitrogens is 4. The lowest BCUT2D eigenvalue weighted by atomic mass is 10.2. The molecule has 6 heteroatoms. The number of anilines is 1. The highest BCUT2D eigenvalue weighted by Crippen LogP contribution is 2.17. The van der Waals surface area contributed by atoms with Crippen LogP contribution in [0.3, 0.4) is 0 Å². The van der Waals surface area contributed by atoms with E-state index in [0.29, 0.717) is 11.4 Å². The predicted octanol–water partition coefficient (Wildman–Crippen LogP) is 3.07. The smallest absolute Gasteiger partial charge is 0.257 e. The lowest BCUT2D eigenvalue weighted by molar-refractivity contribution is 0.102. The highest BCUT2D eigenvalue weighted by Gasteiger charge is 2.08. The summed E-state index contributed by atoms with van der Waals surface area (Å²) in [5, 5.41) is 3.85. The molecule has 3 aromatic heterocycles. The van der Waals surface area contributed by atoms with Gasteiger partial charge in [0.25, 0.3) is 5.91 Å². The summed E-state index contributed by atoms with van der Waals surface area (Å²) >= 11 is 0. The number of nitrogens with zero attached hydrogens (tertiary/aromatic N) is 4. The van der Waals surface area contributed by atoms with Crippen LogP contribution in [0.25, 0.3) is 16.7 Å². The summed E-state index contributed by atoms with van der Waals surface area (Å²) < 4.78 is 1.78. The largest absolute Gasteiger partial charge is 0.322 e. The fourth-order valence-corrected chi connectivity index (χ4v) is 2.42. The third-order valence-electron chi connectivity index (χ3n) is 3.64. The minimum atomic E-state index is -0.206. The van der Waals surface area contributed by atoms with E-state index >= 15 is 0 Å². The minimum Gasteiger partial charge on any atom is -0.322 e. The average Bonchev–Trinajstić information content (AvgIpc) is 3.16. The van der Waals surface area contributed by atoms with E-state index in [1.54, 1.807) is 47.8 Å². The van der Waals surface area contributed by atoms with E-state index in [-0.39, 0.29) is 5.91 Å². The van der Waals surface area contributed by atoms with Gasteiger partial charge in [-0.3, -0.25) is 14.3 Å². The first-order valence-electron chi connectivity index (χ1n) is 7.40. The molecule has 1 aromatic carbocycles. The zero-order valence-electron chi connectivity index (χ0n) is 12.6. The number of imidazole rings is 1. The second kappa shape index (κ2) is 5.92. The van der Waals surface area contributed by atoms with E-state index in [4.69, 9.17) is 0 Å². The molecule has 0 bridgehead atoms. The first-order valence-corrected chi connectivity index (χ1v) is 7.40. The van der Waals surface area contributed by atoms with Gasteiger partial charge in [0.1, 0.15) is 12.1 Å². The fourth-order valence-electron chi connectivity index (χ4n) is 2.42. The summed E-state index contributed by atoms with van der Waals surface area (Å²) in [5.74, 6) is 0.503. The number of fused-ring (bicyclic) bond motifs is 1. The van der Waals surface area contributed by atoms with Crippen molar-refractivity contribution in [2.75, 3.05) is 5.32 Å². The molecule has 0 spiro atoms. The van der Waals surface area contributed by atoms with Crippen molar-refractivity contribution >= 4 is 22.5 Å². The van der Waals surface area contributed by atoms with Crippen LogP contribution in [-0.4, -0.2) is 25.4 Å². The Morgan fingerprint density at radius 1 is 1.04 bits per heavy atom. The van der Waals surface area contributed by atoms with Crippen LogP contribution in [0, 0.1) is 0 Å². The third-order valence-corrected chi connectivity index (χ3v) is 3.64. The Labute approximate surface area is 137 Å². The molecule has 24 heavy (non-hydrogen) atoms. The standard InChI is InChI=1S/C18H13N5O/c24-18(14-3-6-17(21-11-14)23-9-8-19-12-23)22-15-4-5-16-13(10-15)2-1-7-20-16/h1-12H,(H,22,24). The molecule has 4 rings (SSSR count). The van der Waals surface area contributed by atoms with Gasteiger partial charge in [-0.1, -0.05) is 6.07 Å². The van der Waals surface area contributed by atoms with Gasteiger partial charge in [0.2, 0.25) is 0 Å². The molecule has 3 heterocycles. The molecule has 1 amide bonds. The third kappa shape index (κ3) is 2.72. The SMILES string of the molecule is O=C(Nc1ccc2ncccc2c1)c1ccc(-n2ccnc2)nc1. The van der Waals surface area contributed by atoms with Crippen LogP contribution in [0.15, 0.2) is 73.6 Å². The quantitative estimate of drug-likeness (QED) is 0.630. The average molecular weight is 315 g/mol. The maximum absolute atomic E-state index is 12.4. The molecule has 6 nitrogen and oxygen atoms in total. The van der Waals surface area contributed by atoms with Crippen LogP contribution < -0.4 is 5.32 Å². The lowest BCUT2D eigenvalue weighted by Gasteiger charge is -2.07. The molecule has 0 fully saturated rings. The van der Waals surface area contributed by atoms with Crippen molar-refractivity contribution in [3.8, 4) is 5.82 Å². The van der Waals surface area contributed by atoms with Gasteiger partial charge in [-0.2, -0.15) is 0 Å². The Hall–Kier alpha value is -3.54. The summed E-state index contributed by atoms with van der Waals surface area (Å²) in [6.45, 7) is 0. The summed E-state index contributed by atoms with van der Waals surface area (Å²) in [4.78, 5) is 24.9. The lowest BCUT2D eigenvalue weighted by Crippen LogP contribution is -2.12. The number of amides is 1. The number of hydrogen-bond donors (Lipinski definition) is 1. The molecule has 0 unspecified atom stereocenters. The van der Waals surface area contributed by atoms with Crippen molar-refractivity contribution in [3.05, 3.63) is 79.1 Å². The van der Waals surface area contributed by atoms with Gasteiger partial charge in [0.15, 0.2) is 0 Å². The fraction of sp³-hybridized carbons (Fsp3) is 0. The molecular formula is C18H13N5O. The Bertz CT molecular complexity index is 994. The van der Waals surface area contributed by atoms with Crippen LogP contribution >= 0.6 is 0 Å². The first kappa shape index (κ1) is 14.1. The molecule has 0 radical (unpaired) electrons. The van der Waals surface area contributed by atoms with E-state index in [1.165, 1.54) is 0 Å². The van der Waals surface area contributed by atoms with Gasteiger partial charge in [0, 0.05) is 35.9 Å². The van der Waals surface area contributed by atoms with Gasteiger partial charge in [-0.15, -0.1) is 0 Å². The molecule has 1 N–H and O–H groups in total. The highest BCUT2D eigenvalue weighted by molar-refractivity contribution is 6.04. The Kier molecular flexibility index (Phi) is 3.47. The van der Waals surface area contributed by atoms with Gasteiger partial charge in [-0.25, -0.2) is 9.97 Å². The Morgan fingerprint density at radius 3 is 2.79 bits per heavy atom. The van der Waals surface area contributed by atoms with Gasteiger partial charge in [-0.05, 0) is 36.4 Å². The summed E-state index contributed by atoms with van der Waals surface area (Å²) in [6, 6.07) is 13.0. The zero-order valence-corrected chi connectivity index (χ0v) is 12.6. The number of pyridine rings is 2. The van der Waals surface area contributed by atoms with E-state index in [0.717, 1.165) is 16.6 Å². The summed E-state index contributed by atoms with van der Waals surface area (Å²) in [6.07, 6.45) is 8.43. The number of nitrogens with one attached hydrogen (secondary N) is 1.